The van der Waals surface area contributed by atoms with Crippen LogP contribution in [0, 0.1) is 5.82 Å². The number of benzene rings is 2. The minimum absolute atomic E-state index is 0.0883. The van der Waals surface area contributed by atoms with Gasteiger partial charge in [0.2, 0.25) is 0 Å². The number of halogens is 1. The lowest BCUT2D eigenvalue weighted by Crippen LogP contribution is -2.42. The van der Waals surface area contributed by atoms with E-state index in [1.165, 1.54) is 17.7 Å². The molecule has 0 N–H and O–H groups in total. The number of hydrogen-bond acceptors (Lipinski definition) is 2. The van der Waals surface area contributed by atoms with Crippen LogP contribution >= 0.6 is 0 Å². The van der Waals surface area contributed by atoms with Crippen molar-refractivity contribution in [1.29, 1.82) is 0 Å². The second-order valence-corrected chi connectivity index (χ2v) is 5.68. The molecule has 2 aromatic carbocycles. The topological polar surface area (TPSA) is 12.5 Å². The predicted octanol–water partition coefficient (Wildman–Crippen LogP) is 3.69. The van der Waals surface area contributed by atoms with Crippen molar-refractivity contribution in [2.45, 2.75) is 18.4 Å². The summed E-state index contributed by atoms with van der Waals surface area (Å²) in [7, 11) is 2.13. The van der Waals surface area contributed by atoms with Gasteiger partial charge in [0.1, 0.15) is 17.7 Å². The van der Waals surface area contributed by atoms with E-state index in [2.05, 4.69) is 36.2 Å². The fourth-order valence-electron chi connectivity index (χ4n) is 2.97. The van der Waals surface area contributed by atoms with Crippen LogP contribution < -0.4 is 4.74 Å². The monoisotopic (exact) mass is 285 g/mol. The summed E-state index contributed by atoms with van der Waals surface area (Å²) in [4.78, 5) is 2.32. The summed E-state index contributed by atoms with van der Waals surface area (Å²) in [5.74, 6) is 0.676. The van der Waals surface area contributed by atoms with Crippen molar-refractivity contribution in [3.8, 4) is 5.75 Å². The molecular weight excluding hydrogens is 265 g/mol. The van der Waals surface area contributed by atoms with Crippen LogP contribution in [0.2, 0.25) is 0 Å². The third-order valence-electron chi connectivity index (χ3n) is 4.06. The summed E-state index contributed by atoms with van der Waals surface area (Å²) < 4.78 is 19.4. The molecule has 2 aromatic rings. The molecule has 1 fully saturated rings. The highest BCUT2D eigenvalue weighted by atomic mass is 19.1. The third-order valence-corrected chi connectivity index (χ3v) is 4.06. The highest BCUT2D eigenvalue weighted by Gasteiger charge is 2.30. The minimum atomic E-state index is -0.253. The molecule has 0 amide bonds. The van der Waals surface area contributed by atoms with E-state index in [9.17, 15) is 4.39 Å². The second-order valence-electron chi connectivity index (χ2n) is 5.68. The highest BCUT2D eigenvalue weighted by molar-refractivity contribution is 5.26. The van der Waals surface area contributed by atoms with Gasteiger partial charge in [0.05, 0.1) is 0 Å². The molecule has 2 unspecified atom stereocenters. The van der Waals surface area contributed by atoms with Gasteiger partial charge in [-0.2, -0.15) is 0 Å². The summed E-state index contributed by atoms with van der Waals surface area (Å²) in [6, 6.07) is 16.8. The van der Waals surface area contributed by atoms with Crippen molar-refractivity contribution in [1.82, 2.24) is 4.90 Å². The van der Waals surface area contributed by atoms with Crippen molar-refractivity contribution in [2.24, 2.45) is 0 Å². The van der Waals surface area contributed by atoms with Gasteiger partial charge in [-0.05, 0) is 31.2 Å². The van der Waals surface area contributed by atoms with Gasteiger partial charge in [-0.1, -0.05) is 36.4 Å². The largest absolute Gasteiger partial charge is 0.490 e. The van der Waals surface area contributed by atoms with Gasteiger partial charge in [-0.3, -0.25) is 0 Å². The van der Waals surface area contributed by atoms with Crippen LogP contribution in [0.4, 0.5) is 4.39 Å². The highest BCUT2D eigenvalue weighted by Crippen LogP contribution is 2.30. The average molecular weight is 285 g/mol. The van der Waals surface area contributed by atoms with Gasteiger partial charge in [0.25, 0.3) is 0 Å². The third kappa shape index (κ3) is 3.42. The number of hydrogen-bond donors (Lipinski definition) is 0. The molecule has 0 bridgehead atoms. The van der Waals surface area contributed by atoms with Crippen LogP contribution in [0.25, 0.3) is 0 Å². The lowest BCUT2D eigenvalue weighted by atomic mass is 9.88. The molecule has 1 heterocycles. The van der Waals surface area contributed by atoms with Crippen LogP contribution in [0.1, 0.15) is 17.9 Å². The SMILES string of the molecule is CN1CCC(Oc2cccc(F)c2)C(c2ccccc2)C1. The molecule has 0 aromatic heterocycles. The molecular formula is C18H20FNO. The smallest absolute Gasteiger partial charge is 0.126 e. The number of nitrogens with zero attached hydrogens (tertiary/aromatic N) is 1. The number of likely N-dealkylation sites (tertiary alicyclic amines) is 1. The molecule has 2 nitrogen and oxygen atoms in total. The lowest BCUT2D eigenvalue weighted by Gasteiger charge is -2.37. The van der Waals surface area contributed by atoms with Crippen molar-refractivity contribution in [3.63, 3.8) is 0 Å². The van der Waals surface area contributed by atoms with Crippen molar-refractivity contribution in [3.05, 3.63) is 66.0 Å². The second kappa shape index (κ2) is 6.27. The van der Waals surface area contributed by atoms with Crippen molar-refractivity contribution < 1.29 is 9.13 Å². The molecule has 110 valence electrons. The van der Waals surface area contributed by atoms with Crippen molar-refractivity contribution >= 4 is 0 Å². The quantitative estimate of drug-likeness (QED) is 0.852. The summed E-state index contributed by atoms with van der Waals surface area (Å²) in [5, 5.41) is 0. The Bertz CT molecular complexity index is 587. The van der Waals surface area contributed by atoms with Crippen LogP contribution in [0.3, 0.4) is 0 Å². The molecule has 0 spiro atoms. The zero-order valence-electron chi connectivity index (χ0n) is 12.2. The average Bonchev–Trinajstić information content (AvgIpc) is 2.50. The number of ether oxygens (including phenoxy) is 1. The molecule has 1 saturated heterocycles. The molecule has 21 heavy (non-hydrogen) atoms. The fourth-order valence-corrected chi connectivity index (χ4v) is 2.97. The Hall–Kier alpha value is -1.87. The lowest BCUT2D eigenvalue weighted by molar-refractivity contribution is 0.0899. The van der Waals surface area contributed by atoms with Crippen molar-refractivity contribution in [2.75, 3.05) is 20.1 Å². The molecule has 0 radical (unpaired) electrons. The maximum absolute atomic E-state index is 13.3. The minimum Gasteiger partial charge on any atom is -0.490 e. The number of piperidine rings is 1. The standard InChI is InChI=1S/C18H20FNO/c1-20-11-10-18(21-16-9-5-8-15(19)12-16)17(13-20)14-6-3-2-4-7-14/h2-9,12,17-18H,10-11,13H2,1H3. The Morgan fingerprint density at radius 3 is 2.67 bits per heavy atom. The first-order chi connectivity index (χ1) is 10.2. The molecule has 3 rings (SSSR count). The van der Waals surface area contributed by atoms with E-state index in [4.69, 9.17) is 4.74 Å². The van der Waals surface area contributed by atoms with Crippen LogP contribution in [0.15, 0.2) is 54.6 Å². The zero-order valence-corrected chi connectivity index (χ0v) is 12.2. The molecule has 1 aliphatic rings. The van der Waals surface area contributed by atoms with Gasteiger partial charge in [-0.15, -0.1) is 0 Å². The maximum atomic E-state index is 13.3. The Morgan fingerprint density at radius 1 is 1.10 bits per heavy atom. The number of rotatable bonds is 3. The van der Waals surface area contributed by atoms with Crippen LogP contribution in [-0.2, 0) is 0 Å². The maximum Gasteiger partial charge on any atom is 0.126 e. The predicted molar refractivity (Wildman–Crippen MR) is 82.1 cm³/mol. The van der Waals surface area contributed by atoms with E-state index in [1.807, 2.05) is 12.1 Å². The van der Waals surface area contributed by atoms with E-state index < -0.39 is 0 Å². The fraction of sp³-hybridized carbons (Fsp3) is 0.333. The Kier molecular flexibility index (Phi) is 4.20. The Labute approximate surface area is 125 Å². The molecule has 0 aliphatic carbocycles. The van der Waals surface area contributed by atoms with Gasteiger partial charge in [0, 0.05) is 25.1 Å². The van der Waals surface area contributed by atoms with E-state index in [0.29, 0.717) is 11.7 Å². The summed E-state index contributed by atoms with van der Waals surface area (Å²) in [6.45, 7) is 1.97. The van der Waals surface area contributed by atoms with E-state index in [0.717, 1.165) is 19.5 Å². The Balaban J connectivity index is 1.81. The summed E-state index contributed by atoms with van der Waals surface area (Å²) in [6.07, 6.45) is 1.04. The van der Waals surface area contributed by atoms with Crippen LogP contribution in [-0.4, -0.2) is 31.1 Å². The van der Waals surface area contributed by atoms with Crippen LogP contribution in [0.5, 0.6) is 5.75 Å². The van der Waals surface area contributed by atoms with E-state index >= 15 is 0 Å². The first kappa shape index (κ1) is 14.1. The number of likely N-dealkylation sites (N-methyl/N-ethyl adjacent to an activating group) is 1. The first-order valence-electron chi connectivity index (χ1n) is 7.38. The van der Waals surface area contributed by atoms with Gasteiger partial charge in [-0.25, -0.2) is 4.39 Å². The molecule has 0 saturated carbocycles. The first-order valence-corrected chi connectivity index (χ1v) is 7.38. The van der Waals surface area contributed by atoms with Gasteiger partial charge < -0.3 is 9.64 Å². The van der Waals surface area contributed by atoms with Gasteiger partial charge in [0.15, 0.2) is 0 Å². The van der Waals surface area contributed by atoms with E-state index in [1.54, 1.807) is 6.07 Å². The molecule has 1 aliphatic heterocycles. The normalized spacial score (nSPS) is 23.0. The summed E-state index contributed by atoms with van der Waals surface area (Å²) >= 11 is 0. The van der Waals surface area contributed by atoms with Gasteiger partial charge >= 0.3 is 0 Å². The molecule has 2 atom stereocenters. The van der Waals surface area contributed by atoms with E-state index in [-0.39, 0.29) is 11.9 Å². The Morgan fingerprint density at radius 2 is 1.90 bits per heavy atom. The molecule has 3 heteroatoms. The summed E-state index contributed by atoms with van der Waals surface area (Å²) in [5.41, 5.74) is 1.28. The zero-order chi connectivity index (χ0) is 14.7.